The Morgan fingerprint density at radius 1 is 1.33 bits per heavy atom. The van der Waals surface area contributed by atoms with E-state index in [0.717, 1.165) is 26.0 Å². The van der Waals surface area contributed by atoms with E-state index in [-0.39, 0.29) is 12.1 Å². The van der Waals surface area contributed by atoms with E-state index < -0.39 is 0 Å². The first-order valence-corrected chi connectivity index (χ1v) is 6.92. The Bertz CT molecular complexity index is 212. The minimum atomic E-state index is -0.205. The molecule has 0 saturated heterocycles. The SMILES string of the molecule is COCCCN(C)C(C)CC(C)(CO)NC(C)C. The van der Waals surface area contributed by atoms with E-state index in [0.29, 0.717) is 12.1 Å². The van der Waals surface area contributed by atoms with Crippen LogP contribution in [0.4, 0.5) is 0 Å². The number of nitrogens with one attached hydrogen (secondary N) is 1. The van der Waals surface area contributed by atoms with Gasteiger partial charge in [0.25, 0.3) is 0 Å². The maximum absolute atomic E-state index is 9.58. The van der Waals surface area contributed by atoms with Gasteiger partial charge in [0.05, 0.1) is 6.61 Å². The fraction of sp³-hybridized carbons (Fsp3) is 1.00. The van der Waals surface area contributed by atoms with Gasteiger partial charge in [-0.05, 0) is 33.7 Å². The molecule has 0 rings (SSSR count). The van der Waals surface area contributed by atoms with E-state index >= 15 is 0 Å². The van der Waals surface area contributed by atoms with E-state index in [9.17, 15) is 5.11 Å². The predicted octanol–water partition coefficient (Wildman–Crippen LogP) is 1.48. The summed E-state index contributed by atoms with van der Waals surface area (Å²) in [4.78, 5) is 2.33. The van der Waals surface area contributed by atoms with Crippen LogP contribution in [0.5, 0.6) is 0 Å². The molecule has 0 fully saturated rings. The lowest BCUT2D eigenvalue weighted by atomic mass is 9.93. The summed E-state index contributed by atoms with van der Waals surface area (Å²) in [5.41, 5.74) is -0.205. The molecule has 0 aromatic rings. The quantitative estimate of drug-likeness (QED) is 0.584. The van der Waals surface area contributed by atoms with Crippen molar-refractivity contribution in [3.05, 3.63) is 0 Å². The number of nitrogens with zero attached hydrogens (tertiary/aromatic N) is 1. The van der Waals surface area contributed by atoms with Crippen LogP contribution in [-0.2, 0) is 4.74 Å². The summed E-state index contributed by atoms with van der Waals surface area (Å²) >= 11 is 0. The third-order valence-corrected chi connectivity index (χ3v) is 3.34. The number of methoxy groups -OCH3 is 1. The molecule has 0 aliphatic carbocycles. The standard InChI is InChI=1S/C14H32N2O2/c1-12(2)15-14(4,11-17)10-13(3)16(5)8-7-9-18-6/h12-13,15,17H,7-11H2,1-6H3. The van der Waals surface area contributed by atoms with Crippen molar-refractivity contribution in [2.45, 2.75) is 58.2 Å². The van der Waals surface area contributed by atoms with Gasteiger partial charge in [0.15, 0.2) is 0 Å². The summed E-state index contributed by atoms with van der Waals surface area (Å²) in [5, 5.41) is 13.0. The smallest absolute Gasteiger partial charge is 0.0611 e. The first kappa shape index (κ1) is 17.8. The van der Waals surface area contributed by atoms with Crippen molar-refractivity contribution in [1.82, 2.24) is 10.2 Å². The third-order valence-electron chi connectivity index (χ3n) is 3.34. The van der Waals surface area contributed by atoms with E-state index in [2.05, 4.69) is 45.0 Å². The topological polar surface area (TPSA) is 44.7 Å². The van der Waals surface area contributed by atoms with Crippen molar-refractivity contribution in [2.75, 3.05) is 33.9 Å². The lowest BCUT2D eigenvalue weighted by Crippen LogP contribution is -2.52. The summed E-state index contributed by atoms with van der Waals surface area (Å²) in [6, 6.07) is 0.818. The number of ether oxygens (including phenoxy) is 1. The van der Waals surface area contributed by atoms with Gasteiger partial charge in [-0.2, -0.15) is 0 Å². The van der Waals surface area contributed by atoms with Crippen molar-refractivity contribution in [2.24, 2.45) is 0 Å². The predicted molar refractivity (Wildman–Crippen MR) is 77.0 cm³/mol. The molecule has 2 N–H and O–H groups in total. The zero-order valence-electron chi connectivity index (χ0n) is 13.0. The fourth-order valence-corrected chi connectivity index (χ4v) is 2.35. The maximum Gasteiger partial charge on any atom is 0.0611 e. The van der Waals surface area contributed by atoms with Crippen molar-refractivity contribution < 1.29 is 9.84 Å². The number of hydrogen-bond donors (Lipinski definition) is 2. The van der Waals surface area contributed by atoms with Crippen molar-refractivity contribution >= 4 is 0 Å². The Kier molecular flexibility index (Phi) is 8.78. The summed E-state index contributed by atoms with van der Waals surface area (Å²) in [6.07, 6.45) is 1.98. The monoisotopic (exact) mass is 260 g/mol. The van der Waals surface area contributed by atoms with Crippen LogP contribution >= 0.6 is 0 Å². The highest BCUT2D eigenvalue weighted by atomic mass is 16.5. The van der Waals surface area contributed by atoms with Crippen LogP contribution in [0.25, 0.3) is 0 Å². The molecule has 0 heterocycles. The van der Waals surface area contributed by atoms with Gasteiger partial charge in [-0.1, -0.05) is 13.8 Å². The van der Waals surface area contributed by atoms with E-state index in [1.54, 1.807) is 7.11 Å². The van der Waals surface area contributed by atoms with Gasteiger partial charge < -0.3 is 20.1 Å². The lowest BCUT2D eigenvalue weighted by Gasteiger charge is -2.36. The first-order valence-electron chi connectivity index (χ1n) is 6.92. The minimum absolute atomic E-state index is 0.168. The zero-order chi connectivity index (χ0) is 14.2. The average Bonchev–Trinajstić information content (AvgIpc) is 2.28. The van der Waals surface area contributed by atoms with Crippen molar-refractivity contribution in [1.29, 1.82) is 0 Å². The Hall–Kier alpha value is -0.160. The van der Waals surface area contributed by atoms with Gasteiger partial charge in [0.1, 0.15) is 0 Å². The molecule has 4 nitrogen and oxygen atoms in total. The fourth-order valence-electron chi connectivity index (χ4n) is 2.35. The highest BCUT2D eigenvalue weighted by Gasteiger charge is 2.27. The van der Waals surface area contributed by atoms with Crippen LogP contribution in [0.3, 0.4) is 0 Å². The lowest BCUT2D eigenvalue weighted by molar-refractivity contribution is 0.113. The Balaban J connectivity index is 4.19. The molecule has 0 saturated carbocycles. The summed E-state index contributed by atoms with van der Waals surface area (Å²) in [5.74, 6) is 0. The number of aliphatic hydroxyl groups is 1. The molecule has 0 bridgehead atoms. The van der Waals surface area contributed by atoms with E-state index in [1.807, 2.05) is 0 Å². The second kappa shape index (κ2) is 8.86. The highest BCUT2D eigenvalue weighted by molar-refractivity contribution is 4.87. The van der Waals surface area contributed by atoms with Gasteiger partial charge in [-0.3, -0.25) is 0 Å². The molecule has 0 aliphatic heterocycles. The third kappa shape index (κ3) is 7.31. The molecule has 0 spiro atoms. The second-order valence-corrected chi connectivity index (χ2v) is 5.90. The van der Waals surface area contributed by atoms with Crippen LogP contribution < -0.4 is 5.32 Å². The molecule has 18 heavy (non-hydrogen) atoms. The summed E-state index contributed by atoms with van der Waals surface area (Å²) < 4.78 is 5.07. The number of aliphatic hydroxyl groups excluding tert-OH is 1. The normalized spacial score (nSPS) is 17.2. The Labute approximate surface area is 113 Å². The van der Waals surface area contributed by atoms with E-state index in [4.69, 9.17) is 4.74 Å². The van der Waals surface area contributed by atoms with Gasteiger partial charge in [0, 0.05) is 37.9 Å². The van der Waals surface area contributed by atoms with Crippen LogP contribution in [0, 0.1) is 0 Å². The van der Waals surface area contributed by atoms with Crippen LogP contribution in [0.15, 0.2) is 0 Å². The maximum atomic E-state index is 9.58. The summed E-state index contributed by atoms with van der Waals surface area (Å²) in [7, 11) is 3.87. The minimum Gasteiger partial charge on any atom is -0.394 e. The Morgan fingerprint density at radius 2 is 1.94 bits per heavy atom. The molecule has 0 aromatic heterocycles. The molecule has 0 aliphatic rings. The van der Waals surface area contributed by atoms with Crippen molar-refractivity contribution in [3.8, 4) is 0 Å². The molecule has 0 aromatic carbocycles. The zero-order valence-corrected chi connectivity index (χ0v) is 13.0. The number of rotatable bonds is 10. The molecule has 110 valence electrons. The largest absolute Gasteiger partial charge is 0.394 e. The van der Waals surface area contributed by atoms with Gasteiger partial charge in [0.2, 0.25) is 0 Å². The van der Waals surface area contributed by atoms with Crippen LogP contribution in [0.1, 0.15) is 40.5 Å². The molecule has 0 amide bonds. The summed E-state index contributed by atoms with van der Waals surface area (Å²) in [6.45, 7) is 10.5. The molecular weight excluding hydrogens is 228 g/mol. The molecule has 0 radical (unpaired) electrons. The van der Waals surface area contributed by atoms with E-state index in [1.165, 1.54) is 0 Å². The van der Waals surface area contributed by atoms with Crippen LogP contribution in [0.2, 0.25) is 0 Å². The molecule has 2 atom stereocenters. The molecule has 4 heteroatoms. The van der Waals surface area contributed by atoms with Crippen molar-refractivity contribution in [3.63, 3.8) is 0 Å². The number of hydrogen-bond acceptors (Lipinski definition) is 4. The molecule has 2 unspecified atom stereocenters. The highest BCUT2D eigenvalue weighted by Crippen LogP contribution is 2.16. The second-order valence-electron chi connectivity index (χ2n) is 5.90. The van der Waals surface area contributed by atoms with Crippen LogP contribution in [-0.4, -0.2) is 61.5 Å². The van der Waals surface area contributed by atoms with Gasteiger partial charge in [-0.25, -0.2) is 0 Å². The van der Waals surface area contributed by atoms with Gasteiger partial charge in [-0.15, -0.1) is 0 Å². The van der Waals surface area contributed by atoms with Gasteiger partial charge >= 0.3 is 0 Å². The molecular formula is C14H32N2O2. The average molecular weight is 260 g/mol. The Morgan fingerprint density at radius 3 is 2.39 bits per heavy atom. The first-order chi connectivity index (χ1) is 8.34.